The number of rotatable bonds is 7. The van der Waals surface area contributed by atoms with E-state index in [0.717, 1.165) is 24.2 Å². The zero-order valence-corrected chi connectivity index (χ0v) is 19.5. The fourth-order valence-electron chi connectivity index (χ4n) is 3.82. The Balaban J connectivity index is 1.42. The van der Waals surface area contributed by atoms with Crippen LogP contribution in [-0.4, -0.2) is 43.5 Å². The Morgan fingerprint density at radius 3 is 2.58 bits per heavy atom. The third kappa shape index (κ3) is 5.26. The molecule has 1 amide bonds. The van der Waals surface area contributed by atoms with Gasteiger partial charge in [0.1, 0.15) is 5.75 Å². The quantitative estimate of drug-likeness (QED) is 0.550. The summed E-state index contributed by atoms with van der Waals surface area (Å²) < 4.78 is 38.1. The van der Waals surface area contributed by atoms with E-state index in [4.69, 9.17) is 9.26 Å². The van der Waals surface area contributed by atoms with Gasteiger partial charge < -0.3 is 14.6 Å². The number of nitrogens with zero attached hydrogens (tertiary/aromatic N) is 2. The van der Waals surface area contributed by atoms with Gasteiger partial charge in [-0.15, -0.1) is 0 Å². The van der Waals surface area contributed by atoms with E-state index in [9.17, 15) is 13.2 Å². The second-order valence-corrected chi connectivity index (χ2v) is 10.1. The highest BCUT2D eigenvalue weighted by molar-refractivity contribution is 7.89. The standard InChI is InChI=1S/C24H27N3O5S/c1-3-31-20-10-6-18(7-11-20)23-15-22(26-32-23)24(28)25-19-8-12-21(13-9-19)33(29,30)27-14-4-5-17(2)16-27/h6-13,15,17H,3-5,14,16H2,1-2H3,(H,25,28). The van der Waals surface area contributed by atoms with Crippen LogP contribution in [0.25, 0.3) is 11.3 Å². The Labute approximate surface area is 193 Å². The van der Waals surface area contributed by atoms with Crippen LogP contribution in [0.3, 0.4) is 0 Å². The summed E-state index contributed by atoms with van der Waals surface area (Å²) in [5.41, 5.74) is 1.36. The van der Waals surface area contributed by atoms with Crippen molar-refractivity contribution >= 4 is 21.6 Å². The maximum Gasteiger partial charge on any atom is 0.277 e. The zero-order valence-electron chi connectivity index (χ0n) is 18.7. The first-order valence-electron chi connectivity index (χ1n) is 11.0. The van der Waals surface area contributed by atoms with Gasteiger partial charge >= 0.3 is 0 Å². The molecule has 2 aromatic carbocycles. The molecule has 1 atom stereocenters. The average Bonchev–Trinajstić information content (AvgIpc) is 3.31. The van der Waals surface area contributed by atoms with Crippen LogP contribution in [0.5, 0.6) is 5.75 Å². The van der Waals surface area contributed by atoms with Crippen molar-refractivity contribution in [3.05, 3.63) is 60.3 Å². The Hall–Kier alpha value is -3.17. The van der Waals surface area contributed by atoms with Gasteiger partial charge in [0.05, 0.1) is 11.5 Å². The first-order chi connectivity index (χ1) is 15.9. The molecule has 1 unspecified atom stereocenters. The first-order valence-corrected chi connectivity index (χ1v) is 12.4. The summed E-state index contributed by atoms with van der Waals surface area (Å²) in [6.07, 6.45) is 1.91. The van der Waals surface area contributed by atoms with Crippen LogP contribution < -0.4 is 10.1 Å². The molecule has 3 aromatic rings. The van der Waals surface area contributed by atoms with E-state index in [1.807, 2.05) is 31.2 Å². The number of carbonyl (C=O) groups excluding carboxylic acids is 1. The predicted molar refractivity (Wildman–Crippen MR) is 125 cm³/mol. The molecular weight excluding hydrogens is 442 g/mol. The third-order valence-corrected chi connectivity index (χ3v) is 7.44. The number of benzene rings is 2. The van der Waals surface area contributed by atoms with Gasteiger partial charge in [-0.3, -0.25) is 4.79 Å². The van der Waals surface area contributed by atoms with Crippen LogP contribution in [0.15, 0.2) is 64.0 Å². The number of anilines is 1. The summed E-state index contributed by atoms with van der Waals surface area (Å²) in [6.45, 7) is 5.62. The molecule has 0 radical (unpaired) electrons. The van der Waals surface area contributed by atoms with Gasteiger partial charge in [0.15, 0.2) is 11.5 Å². The lowest BCUT2D eigenvalue weighted by Crippen LogP contribution is -2.39. The van der Waals surface area contributed by atoms with Gasteiger partial charge in [0.2, 0.25) is 10.0 Å². The van der Waals surface area contributed by atoms with Crippen molar-refractivity contribution in [3.8, 4) is 17.1 Å². The number of amides is 1. The molecule has 1 saturated heterocycles. The molecule has 0 spiro atoms. The molecule has 9 heteroatoms. The second kappa shape index (κ2) is 9.76. The summed E-state index contributed by atoms with van der Waals surface area (Å²) in [5.74, 6) is 1.11. The Morgan fingerprint density at radius 1 is 1.18 bits per heavy atom. The lowest BCUT2D eigenvalue weighted by atomic mass is 10.0. The van der Waals surface area contributed by atoms with E-state index in [1.165, 1.54) is 16.4 Å². The molecule has 4 rings (SSSR count). The number of hydrogen-bond donors (Lipinski definition) is 1. The summed E-state index contributed by atoms with van der Waals surface area (Å²) in [7, 11) is -3.54. The van der Waals surface area contributed by atoms with Gasteiger partial charge in [-0.2, -0.15) is 4.31 Å². The van der Waals surface area contributed by atoms with E-state index >= 15 is 0 Å². The number of piperidine rings is 1. The number of hydrogen-bond acceptors (Lipinski definition) is 6. The molecule has 0 aliphatic carbocycles. The smallest absolute Gasteiger partial charge is 0.277 e. The predicted octanol–water partition coefficient (Wildman–Crippen LogP) is 4.41. The minimum absolute atomic E-state index is 0.123. The molecule has 1 aliphatic heterocycles. The van der Waals surface area contributed by atoms with Crippen molar-refractivity contribution in [2.45, 2.75) is 31.6 Å². The summed E-state index contributed by atoms with van der Waals surface area (Å²) in [4.78, 5) is 12.8. The molecule has 1 N–H and O–H groups in total. The van der Waals surface area contributed by atoms with Gasteiger partial charge in [-0.1, -0.05) is 12.1 Å². The Bertz CT molecular complexity index is 1200. The molecule has 0 saturated carbocycles. The molecule has 33 heavy (non-hydrogen) atoms. The number of aromatic nitrogens is 1. The molecule has 2 heterocycles. The summed E-state index contributed by atoms with van der Waals surface area (Å²) in [6, 6.07) is 15.0. The van der Waals surface area contributed by atoms with Crippen LogP contribution in [0.1, 0.15) is 37.2 Å². The first kappa shape index (κ1) is 23.0. The van der Waals surface area contributed by atoms with Crippen molar-refractivity contribution in [3.63, 3.8) is 0 Å². The van der Waals surface area contributed by atoms with Gasteiger partial charge in [-0.05, 0) is 74.2 Å². The number of sulfonamides is 1. The zero-order chi connectivity index (χ0) is 23.4. The van der Waals surface area contributed by atoms with Crippen molar-refractivity contribution in [2.24, 2.45) is 5.92 Å². The fraction of sp³-hybridized carbons (Fsp3) is 0.333. The van der Waals surface area contributed by atoms with Crippen LogP contribution in [-0.2, 0) is 10.0 Å². The number of carbonyl (C=O) groups is 1. The normalized spacial score (nSPS) is 17.0. The van der Waals surface area contributed by atoms with E-state index in [0.29, 0.717) is 37.1 Å². The monoisotopic (exact) mass is 469 g/mol. The van der Waals surface area contributed by atoms with E-state index in [1.54, 1.807) is 18.2 Å². The van der Waals surface area contributed by atoms with Crippen molar-refractivity contribution in [1.29, 1.82) is 0 Å². The largest absolute Gasteiger partial charge is 0.494 e. The van der Waals surface area contributed by atoms with E-state index in [2.05, 4.69) is 17.4 Å². The van der Waals surface area contributed by atoms with E-state index < -0.39 is 15.9 Å². The molecule has 0 bridgehead atoms. The maximum absolute atomic E-state index is 12.9. The van der Waals surface area contributed by atoms with Gasteiger partial charge in [-0.25, -0.2) is 8.42 Å². The molecule has 1 fully saturated rings. The minimum atomic E-state index is -3.54. The fourth-order valence-corrected chi connectivity index (χ4v) is 5.42. The van der Waals surface area contributed by atoms with Crippen LogP contribution >= 0.6 is 0 Å². The average molecular weight is 470 g/mol. The highest BCUT2D eigenvalue weighted by Gasteiger charge is 2.28. The third-order valence-electron chi connectivity index (χ3n) is 5.56. The summed E-state index contributed by atoms with van der Waals surface area (Å²) >= 11 is 0. The second-order valence-electron chi connectivity index (χ2n) is 8.12. The highest BCUT2D eigenvalue weighted by atomic mass is 32.2. The lowest BCUT2D eigenvalue weighted by Gasteiger charge is -2.30. The van der Waals surface area contributed by atoms with Crippen molar-refractivity contribution in [2.75, 3.05) is 25.0 Å². The van der Waals surface area contributed by atoms with Crippen LogP contribution in [0, 0.1) is 5.92 Å². The maximum atomic E-state index is 12.9. The molecule has 1 aliphatic rings. The number of nitrogens with one attached hydrogen (secondary N) is 1. The molecular formula is C24H27N3O5S. The van der Waals surface area contributed by atoms with Gasteiger partial charge in [0.25, 0.3) is 5.91 Å². The van der Waals surface area contributed by atoms with Crippen molar-refractivity contribution < 1.29 is 22.5 Å². The van der Waals surface area contributed by atoms with Crippen LogP contribution in [0.4, 0.5) is 5.69 Å². The molecule has 174 valence electrons. The highest BCUT2D eigenvalue weighted by Crippen LogP contribution is 2.26. The molecule has 1 aromatic heterocycles. The van der Waals surface area contributed by atoms with Gasteiger partial charge in [0, 0.05) is 30.4 Å². The van der Waals surface area contributed by atoms with E-state index in [-0.39, 0.29) is 10.6 Å². The SMILES string of the molecule is CCOc1ccc(-c2cc(C(=O)Nc3ccc(S(=O)(=O)N4CCCC(C)C4)cc3)no2)cc1. The number of ether oxygens (including phenoxy) is 1. The Morgan fingerprint density at radius 2 is 1.91 bits per heavy atom. The summed E-state index contributed by atoms with van der Waals surface area (Å²) in [5, 5.41) is 6.58. The van der Waals surface area contributed by atoms with Crippen molar-refractivity contribution in [1.82, 2.24) is 9.46 Å². The lowest BCUT2D eigenvalue weighted by molar-refractivity contribution is 0.101. The van der Waals surface area contributed by atoms with Crippen LogP contribution in [0.2, 0.25) is 0 Å². The minimum Gasteiger partial charge on any atom is -0.494 e. The topological polar surface area (TPSA) is 102 Å². The molecule has 8 nitrogen and oxygen atoms in total. The Kier molecular flexibility index (Phi) is 6.80.